The van der Waals surface area contributed by atoms with Crippen molar-refractivity contribution in [2.24, 2.45) is 0 Å². The Morgan fingerprint density at radius 1 is 0.604 bits per heavy atom. The minimum Gasteiger partial charge on any atom is -0.305 e. The van der Waals surface area contributed by atoms with E-state index in [0.29, 0.717) is 11.6 Å². The summed E-state index contributed by atoms with van der Waals surface area (Å²) in [5.74, 6) is 0.708. The van der Waals surface area contributed by atoms with Gasteiger partial charge >= 0.3 is 0 Å². The van der Waals surface area contributed by atoms with E-state index in [1.54, 1.807) is 12.1 Å². The van der Waals surface area contributed by atoms with Gasteiger partial charge in [-0.15, -0.1) is 65.2 Å². The van der Waals surface area contributed by atoms with Crippen LogP contribution in [0.1, 0.15) is 70.0 Å². The van der Waals surface area contributed by atoms with Crippen LogP contribution in [0.15, 0.2) is 140 Å². The van der Waals surface area contributed by atoms with E-state index < -0.39 is 6.85 Å². The fourth-order valence-corrected chi connectivity index (χ4v) is 7.66. The molecular formula is C50H44IrN2-2. The number of pyridine rings is 2. The Morgan fingerprint density at radius 2 is 1.34 bits per heavy atom. The molecule has 265 valence electrons. The summed E-state index contributed by atoms with van der Waals surface area (Å²) in [7, 11) is 0. The monoisotopic (exact) mass is 868 g/mol. The fraction of sp³-hybridized carbons (Fsp3) is 0.200. The fourth-order valence-electron chi connectivity index (χ4n) is 7.66. The van der Waals surface area contributed by atoms with Crippen LogP contribution < -0.4 is 0 Å². The molecule has 1 radical (unpaired) electrons. The quantitative estimate of drug-likeness (QED) is 0.135. The molecule has 1 aliphatic rings. The molecule has 0 amide bonds. The molecule has 3 heteroatoms. The van der Waals surface area contributed by atoms with E-state index in [0.717, 1.165) is 35.2 Å². The zero-order valence-corrected chi connectivity index (χ0v) is 32.4. The maximum atomic E-state index is 7.59. The van der Waals surface area contributed by atoms with Gasteiger partial charge in [0.1, 0.15) is 0 Å². The molecule has 2 aromatic heterocycles. The van der Waals surface area contributed by atoms with Crippen molar-refractivity contribution in [1.29, 1.82) is 0 Å². The van der Waals surface area contributed by atoms with Crippen LogP contribution in [-0.4, -0.2) is 9.97 Å². The van der Waals surface area contributed by atoms with E-state index in [9.17, 15) is 0 Å². The summed E-state index contributed by atoms with van der Waals surface area (Å²) in [6.45, 7) is 0.00610. The second kappa shape index (κ2) is 16.8. The molecule has 8 rings (SSSR count). The van der Waals surface area contributed by atoms with E-state index in [-0.39, 0.29) is 25.7 Å². The molecule has 0 spiro atoms. The van der Waals surface area contributed by atoms with Crippen molar-refractivity contribution < 1.29 is 24.2 Å². The second-order valence-electron chi connectivity index (χ2n) is 14.2. The van der Waals surface area contributed by atoms with Crippen molar-refractivity contribution in [3.63, 3.8) is 0 Å². The normalized spacial score (nSPS) is 14.1. The molecular weight excluding hydrogens is 821 g/mol. The molecule has 7 aromatic rings. The topological polar surface area (TPSA) is 25.8 Å². The SMILES string of the molecule is [2H]C([2H])([2H])c1ccc(-c2[c-]cc(CCc3cc(C)cc(-c4ccccc4-c4c[c-]c(-c5cc(-c6ccc(C7CCCCC7)cc6)ccn5)cc4)c3)cc2)nc1.[Ir]. The number of rotatable bonds is 9. The zero-order valence-electron chi connectivity index (χ0n) is 33.0. The zero-order chi connectivity index (χ0) is 37.8. The molecule has 0 saturated heterocycles. The van der Waals surface area contributed by atoms with Gasteiger partial charge in [0.2, 0.25) is 0 Å². The van der Waals surface area contributed by atoms with Crippen molar-refractivity contribution in [3.05, 3.63) is 180 Å². The molecule has 0 atom stereocenters. The molecule has 5 aromatic carbocycles. The Kier molecular flexibility index (Phi) is 10.4. The molecule has 2 heterocycles. The number of nitrogens with zero attached hydrogens (tertiary/aromatic N) is 2. The Morgan fingerprint density at radius 3 is 2.06 bits per heavy atom. The molecule has 2 nitrogen and oxygen atoms in total. The summed E-state index contributed by atoms with van der Waals surface area (Å²) in [4.78, 5) is 9.09. The predicted octanol–water partition coefficient (Wildman–Crippen LogP) is 12.9. The van der Waals surface area contributed by atoms with E-state index in [1.807, 2.05) is 18.3 Å². The van der Waals surface area contributed by atoms with Gasteiger partial charge in [-0.25, -0.2) is 0 Å². The summed E-state index contributed by atoms with van der Waals surface area (Å²) in [5.41, 5.74) is 16.0. The van der Waals surface area contributed by atoms with Gasteiger partial charge in [-0.3, -0.25) is 0 Å². The first kappa shape index (κ1) is 32.7. The standard InChI is InChI=1S/C50H44N2.Ir/c1-35-12-27-49(52-34-35)43-17-15-37(16-18-43)13-14-38-30-36(2)31-46(32-38)48-11-7-6-10-47(48)42-23-25-44(26-24-42)50-33-45(28-29-51-50)41-21-19-40(20-22-41)39-8-4-3-5-9-39;/h6-7,10-12,15-17,19-25,27-34,39H,3-5,8-9,13-14H2,1-2H3;/q-2;/i1D3;. The van der Waals surface area contributed by atoms with Crippen molar-refractivity contribution in [1.82, 2.24) is 9.97 Å². The minimum absolute atomic E-state index is 0. The number of hydrogen-bond acceptors (Lipinski definition) is 2. The minimum atomic E-state index is -2.16. The molecule has 53 heavy (non-hydrogen) atoms. The Hall–Kier alpha value is -4.95. The van der Waals surface area contributed by atoms with Gasteiger partial charge < -0.3 is 9.97 Å². The van der Waals surface area contributed by atoms with Gasteiger partial charge in [-0.1, -0.05) is 127 Å². The van der Waals surface area contributed by atoms with Crippen LogP contribution in [0.25, 0.3) is 55.9 Å². The van der Waals surface area contributed by atoms with Crippen molar-refractivity contribution in [2.45, 2.75) is 64.6 Å². The van der Waals surface area contributed by atoms with Crippen LogP contribution in [0.3, 0.4) is 0 Å². The Labute approximate surface area is 333 Å². The van der Waals surface area contributed by atoms with Crippen LogP contribution in [0, 0.1) is 25.9 Å². The summed E-state index contributed by atoms with van der Waals surface area (Å²) in [6, 6.07) is 51.7. The van der Waals surface area contributed by atoms with Crippen molar-refractivity contribution >= 4 is 0 Å². The average molecular weight is 868 g/mol. The van der Waals surface area contributed by atoms with E-state index >= 15 is 0 Å². The second-order valence-corrected chi connectivity index (χ2v) is 14.2. The summed E-state index contributed by atoms with van der Waals surface area (Å²) >= 11 is 0. The number of aryl methyl sites for hydroxylation is 4. The molecule has 0 bridgehead atoms. The van der Waals surface area contributed by atoms with Gasteiger partial charge in [-0.05, 0) is 95.4 Å². The third kappa shape index (κ3) is 8.65. The number of benzene rings is 5. The molecule has 0 N–H and O–H groups in total. The Bertz CT molecular complexity index is 2380. The maximum absolute atomic E-state index is 7.59. The van der Waals surface area contributed by atoms with Crippen LogP contribution in [0.5, 0.6) is 0 Å². The van der Waals surface area contributed by atoms with Gasteiger partial charge in [-0.2, -0.15) is 0 Å². The van der Waals surface area contributed by atoms with Crippen LogP contribution in [0.4, 0.5) is 0 Å². The molecule has 1 saturated carbocycles. The summed E-state index contributed by atoms with van der Waals surface area (Å²) < 4.78 is 22.8. The van der Waals surface area contributed by atoms with E-state index in [1.165, 1.54) is 88.4 Å². The van der Waals surface area contributed by atoms with E-state index in [2.05, 4.69) is 127 Å². The third-order valence-corrected chi connectivity index (χ3v) is 10.5. The Balaban J connectivity index is 0.00000480. The summed E-state index contributed by atoms with van der Waals surface area (Å²) in [6.07, 6.45) is 11.8. The van der Waals surface area contributed by atoms with Crippen LogP contribution in [-0.2, 0) is 32.9 Å². The first-order valence-electron chi connectivity index (χ1n) is 20.0. The van der Waals surface area contributed by atoms with Gasteiger partial charge in [0.15, 0.2) is 0 Å². The molecule has 0 unspecified atom stereocenters. The smallest absolute Gasteiger partial charge is 0.0280 e. The molecule has 1 aliphatic carbocycles. The molecule has 0 aliphatic heterocycles. The average Bonchev–Trinajstić information content (AvgIpc) is 3.23. The maximum Gasteiger partial charge on any atom is 0.0280 e. The van der Waals surface area contributed by atoms with E-state index in [4.69, 9.17) is 9.10 Å². The first-order chi connectivity index (χ1) is 26.8. The van der Waals surface area contributed by atoms with Gasteiger partial charge in [0.25, 0.3) is 0 Å². The largest absolute Gasteiger partial charge is 0.305 e. The van der Waals surface area contributed by atoms with Gasteiger partial charge in [0.05, 0.1) is 0 Å². The third-order valence-electron chi connectivity index (χ3n) is 10.5. The van der Waals surface area contributed by atoms with Crippen LogP contribution >= 0.6 is 0 Å². The summed E-state index contributed by atoms with van der Waals surface area (Å²) in [5, 5.41) is 0. The van der Waals surface area contributed by atoms with Crippen molar-refractivity contribution in [3.8, 4) is 55.9 Å². The van der Waals surface area contributed by atoms with Crippen molar-refractivity contribution in [2.75, 3.05) is 0 Å². The first-order valence-corrected chi connectivity index (χ1v) is 18.5. The number of hydrogen-bond donors (Lipinski definition) is 0. The predicted molar refractivity (Wildman–Crippen MR) is 216 cm³/mol. The number of aromatic nitrogens is 2. The van der Waals surface area contributed by atoms with Gasteiger partial charge in [0, 0.05) is 36.6 Å². The van der Waals surface area contributed by atoms with Crippen LogP contribution in [0.2, 0.25) is 0 Å². The molecule has 1 fully saturated rings.